The van der Waals surface area contributed by atoms with Gasteiger partial charge in [0.15, 0.2) is 0 Å². The molecule has 0 bridgehead atoms. The van der Waals surface area contributed by atoms with Gasteiger partial charge in [-0.25, -0.2) is 4.79 Å². The molecular weight excluding hydrogens is 266 g/mol. The number of fused-ring (bicyclic) bond motifs is 1. The first-order valence-electron chi connectivity index (χ1n) is 8.05. The molecule has 2 fully saturated rings. The van der Waals surface area contributed by atoms with Crippen LogP contribution >= 0.6 is 0 Å². The second kappa shape index (κ2) is 7.27. The van der Waals surface area contributed by atoms with Crippen molar-refractivity contribution in [2.75, 3.05) is 26.2 Å². The van der Waals surface area contributed by atoms with Crippen molar-refractivity contribution >= 4 is 6.09 Å². The Labute approximate surface area is 128 Å². The summed E-state index contributed by atoms with van der Waals surface area (Å²) in [4.78, 5) is 14.0. The van der Waals surface area contributed by atoms with Crippen LogP contribution in [0.15, 0.2) is 12.2 Å². The van der Waals surface area contributed by atoms with Crippen molar-refractivity contribution in [3.8, 4) is 0 Å². The van der Waals surface area contributed by atoms with Gasteiger partial charge in [-0.15, -0.1) is 0 Å². The maximum absolute atomic E-state index is 11.4. The third kappa shape index (κ3) is 5.32. The third-order valence-electron chi connectivity index (χ3n) is 4.03. The summed E-state index contributed by atoms with van der Waals surface area (Å²) in [5.74, 6) is 0. The number of hydrogen-bond acceptors (Lipinski definition) is 4. The van der Waals surface area contributed by atoms with Crippen LogP contribution < -0.4 is 10.6 Å². The zero-order valence-electron chi connectivity index (χ0n) is 13.5. The number of carbonyl (C=O) groups excluding carboxylic acids is 1. The molecule has 2 atom stereocenters. The number of nitrogens with zero attached hydrogens (tertiary/aromatic N) is 1. The van der Waals surface area contributed by atoms with Crippen LogP contribution in [-0.2, 0) is 4.74 Å². The number of nitrogens with one attached hydrogen (secondary N) is 2. The molecule has 2 heterocycles. The Kier molecular flexibility index (Phi) is 5.65. The Morgan fingerprint density at radius 2 is 2.00 bits per heavy atom. The van der Waals surface area contributed by atoms with Gasteiger partial charge in [-0.1, -0.05) is 12.2 Å². The summed E-state index contributed by atoms with van der Waals surface area (Å²) >= 11 is 0. The highest BCUT2D eigenvalue weighted by Gasteiger charge is 2.36. The monoisotopic (exact) mass is 295 g/mol. The van der Waals surface area contributed by atoms with Gasteiger partial charge in [0.2, 0.25) is 0 Å². The van der Waals surface area contributed by atoms with Crippen LogP contribution in [-0.4, -0.2) is 54.9 Å². The third-order valence-corrected chi connectivity index (χ3v) is 4.03. The average Bonchev–Trinajstić information content (AvgIpc) is 2.95. The van der Waals surface area contributed by atoms with Crippen LogP contribution in [0.1, 0.15) is 40.0 Å². The van der Waals surface area contributed by atoms with Gasteiger partial charge in [-0.2, -0.15) is 0 Å². The average molecular weight is 295 g/mol. The molecule has 2 unspecified atom stereocenters. The summed E-state index contributed by atoms with van der Waals surface area (Å²) in [6.07, 6.45) is 7.62. The van der Waals surface area contributed by atoms with Crippen molar-refractivity contribution in [3.05, 3.63) is 12.2 Å². The molecule has 5 nitrogen and oxygen atoms in total. The maximum Gasteiger partial charge on any atom is 0.407 e. The Morgan fingerprint density at radius 3 is 2.76 bits per heavy atom. The molecule has 2 aliphatic heterocycles. The largest absolute Gasteiger partial charge is 0.444 e. The van der Waals surface area contributed by atoms with Gasteiger partial charge in [-0.05, 0) is 46.6 Å². The molecule has 0 saturated carbocycles. The molecule has 2 saturated heterocycles. The van der Waals surface area contributed by atoms with Crippen molar-refractivity contribution in [2.24, 2.45) is 0 Å². The van der Waals surface area contributed by atoms with Crippen molar-refractivity contribution in [3.63, 3.8) is 0 Å². The van der Waals surface area contributed by atoms with Gasteiger partial charge >= 0.3 is 6.09 Å². The second-order valence-corrected chi connectivity index (χ2v) is 6.90. The molecule has 0 aromatic heterocycles. The second-order valence-electron chi connectivity index (χ2n) is 6.90. The minimum Gasteiger partial charge on any atom is -0.444 e. The Balaban J connectivity index is 1.56. The van der Waals surface area contributed by atoms with Gasteiger partial charge < -0.3 is 15.4 Å². The topological polar surface area (TPSA) is 53.6 Å². The van der Waals surface area contributed by atoms with Crippen molar-refractivity contribution in [2.45, 2.75) is 57.7 Å². The highest BCUT2D eigenvalue weighted by Crippen LogP contribution is 2.27. The predicted molar refractivity (Wildman–Crippen MR) is 84.4 cm³/mol. The van der Waals surface area contributed by atoms with E-state index in [0.717, 1.165) is 12.6 Å². The number of hydrogen-bond donors (Lipinski definition) is 2. The number of alkyl carbamates (subject to hydrolysis) is 1. The summed E-state index contributed by atoms with van der Waals surface area (Å²) in [5, 5.41) is 6.33. The van der Waals surface area contributed by atoms with Gasteiger partial charge in [0.1, 0.15) is 5.60 Å². The molecule has 0 aromatic carbocycles. The Hall–Kier alpha value is -1.07. The fraction of sp³-hybridized carbons (Fsp3) is 0.812. The molecule has 0 spiro atoms. The number of amides is 1. The molecular formula is C16H29N3O2. The molecule has 2 N–H and O–H groups in total. The maximum atomic E-state index is 11.4. The van der Waals surface area contributed by atoms with Crippen LogP contribution in [0.3, 0.4) is 0 Å². The fourth-order valence-corrected chi connectivity index (χ4v) is 3.16. The number of carbonyl (C=O) groups is 1. The van der Waals surface area contributed by atoms with Crippen LogP contribution in [0, 0.1) is 0 Å². The lowest BCUT2D eigenvalue weighted by molar-refractivity contribution is 0.0534. The Bertz CT molecular complexity index is 376. The summed E-state index contributed by atoms with van der Waals surface area (Å²) in [6.45, 7) is 9.48. The van der Waals surface area contributed by atoms with Crippen molar-refractivity contribution in [1.82, 2.24) is 15.5 Å². The molecule has 1 amide bonds. The van der Waals surface area contributed by atoms with E-state index in [1.165, 1.54) is 32.4 Å². The smallest absolute Gasteiger partial charge is 0.407 e. The zero-order valence-corrected chi connectivity index (χ0v) is 13.5. The molecule has 2 aliphatic rings. The lowest BCUT2D eigenvalue weighted by Gasteiger charge is -2.20. The quantitative estimate of drug-likeness (QED) is 0.761. The fourth-order valence-electron chi connectivity index (χ4n) is 3.16. The van der Waals surface area contributed by atoms with Gasteiger partial charge in [0.05, 0.1) is 0 Å². The van der Waals surface area contributed by atoms with Crippen LogP contribution in [0.25, 0.3) is 0 Å². The summed E-state index contributed by atoms with van der Waals surface area (Å²) in [7, 11) is 0. The standard InChI is InChI=1S/C16H29N3O2/c1-16(2,3)21-15(20)18-10-5-4-9-17-13-8-12-19-11-6-7-14(13)19/h4-5,13-14,17H,6-12H2,1-3H3,(H,18,20)/b5-4+. The first-order chi connectivity index (χ1) is 9.96. The molecule has 0 radical (unpaired) electrons. The number of rotatable bonds is 5. The lowest BCUT2D eigenvalue weighted by atomic mass is 10.1. The highest BCUT2D eigenvalue weighted by molar-refractivity contribution is 5.67. The minimum atomic E-state index is -0.440. The van der Waals surface area contributed by atoms with Gasteiger partial charge in [0, 0.05) is 31.7 Å². The van der Waals surface area contributed by atoms with Gasteiger partial charge in [0.25, 0.3) is 0 Å². The van der Waals surface area contributed by atoms with Crippen LogP contribution in [0.2, 0.25) is 0 Å². The van der Waals surface area contributed by atoms with E-state index in [9.17, 15) is 4.79 Å². The highest BCUT2D eigenvalue weighted by atomic mass is 16.6. The van der Waals surface area contributed by atoms with Crippen molar-refractivity contribution in [1.29, 1.82) is 0 Å². The molecule has 120 valence electrons. The van der Waals surface area contributed by atoms with E-state index in [0.29, 0.717) is 12.6 Å². The lowest BCUT2D eigenvalue weighted by Crippen LogP contribution is -2.39. The minimum absolute atomic E-state index is 0.363. The predicted octanol–water partition coefficient (Wildman–Crippen LogP) is 1.89. The van der Waals surface area contributed by atoms with E-state index in [1.807, 2.05) is 26.8 Å². The molecule has 2 rings (SSSR count). The molecule has 0 aromatic rings. The zero-order chi connectivity index (χ0) is 15.3. The van der Waals surface area contributed by atoms with E-state index in [2.05, 4.69) is 21.6 Å². The van der Waals surface area contributed by atoms with E-state index in [-0.39, 0.29) is 6.09 Å². The SMILES string of the molecule is CC(C)(C)OC(=O)NC/C=C/CNC1CCN2CCCC12. The first kappa shape index (κ1) is 16.3. The van der Waals surface area contributed by atoms with Crippen LogP contribution in [0.4, 0.5) is 4.79 Å². The summed E-state index contributed by atoms with van der Waals surface area (Å²) < 4.78 is 5.17. The van der Waals surface area contributed by atoms with Crippen LogP contribution in [0.5, 0.6) is 0 Å². The molecule has 0 aliphatic carbocycles. The number of ether oxygens (including phenoxy) is 1. The van der Waals surface area contributed by atoms with Gasteiger partial charge in [-0.3, -0.25) is 4.90 Å². The van der Waals surface area contributed by atoms with E-state index < -0.39 is 5.60 Å². The molecule has 21 heavy (non-hydrogen) atoms. The summed E-state index contributed by atoms with van der Waals surface area (Å²) in [5.41, 5.74) is -0.440. The van der Waals surface area contributed by atoms with E-state index >= 15 is 0 Å². The molecule has 5 heteroatoms. The first-order valence-corrected chi connectivity index (χ1v) is 8.05. The van der Waals surface area contributed by atoms with E-state index in [1.54, 1.807) is 0 Å². The normalized spacial score (nSPS) is 26.2. The van der Waals surface area contributed by atoms with Crippen molar-refractivity contribution < 1.29 is 9.53 Å². The van der Waals surface area contributed by atoms with E-state index in [4.69, 9.17) is 4.74 Å². The summed E-state index contributed by atoms with van der Waals surface area (Å²) in [6, 6.07) is 1.38. The Morgan fingerprint density at radius 1 is 1.24 bits per heavy atom.